The highest BCUT2D eigenvalue weighted by Crippen LogP contribution is 2.39. The van der Waals surface area contributed by atoms with Crippen LogP contribution in [0.4, 0.5) is 11.5 Å². The average Bonchev–Trinajstić information content (AvgIpc) is 3.23. The number of aryl methyl sites for hydroxylation is 1. The average molecular weight is 465 g/mol. The number of carbonyl (C=O) groups excluding carboxylic acids is 1. The second kappa shape index (κ2) is 9.33. The topological polar surface area (TPSA) is 88.9 Å². The minimum Gasteiger partial charge on any atom is -0.496 e. The van der Waals surface area contributed by atoms with E-state index in [0.717, 1.165) is 11.3 Å². The zero-order valence-corrected chi connectivity index (χ0v) is 19.5. The van der Waals surface area contributed by atoms with Crippen LogP contribution in [-0.2, 0) is 4.79 Å². The van der Waals surface area contributed by atoms with Gasteiger partial charge in [0, 0.05) is 17.3 Å². The smallest absolute Gasteiger partial charge is 0.257 e. The number of amides is 1. The Morgan fingerprint density at radius 1 is 1.09 bits per heavy atom. The second-order valence-corrected chi connectivity index (χ2v) is 7.79. The minimum absolute atomic E-state index is 0.327. The fraction of sp³-hybridized carbons (Fsp3) is 0.208. The van der Waals surface area contributed by atoms with Gasteiger partial charge in [-0.15, -0.1) is 0 Å². The number of thiocarbonyl (C=S) groups is 1. The van der Waals surface area contributed by atoms with Gasteiger partial charge in [0.2, 0.25) is 0 Å². The number of methoxy groups -OCH3 is 2. The predicted octanol–water partition coefficient (Wildman–Crippen LogP) is 4.35. The van der Waals surface area contributed by atoms with Crippen LogP contribution < -0.4 is 25.0 Å². The lowest BCUT2D eigenvalue weighted by Crippen LogP contribution is -2.48. The standard InChI is InChI=1S/C24H24N4O4S/c1-14-13-20(27-32-14)25-23(29)21-15(2)28(17-10-6-8-12-19(17)31-4)24(33)26-22(21)16-9-5-7-11-18(16)30-3/h5-13,22H,1-4H3,(H,26,33)(H,25,27,29)/t22-/m0/s1. The first-order valence-corrected chi connectivity index (χ1v) is 10.7. The van der Waals surface area contributed by atoms with Gasteiger partial charge in [0.05, 0.1) is 31.5 Å². The van der Waals surface area contributed by atoms with Gasteiger partial charge in [-0.05, 0) is 44.3 Å². The number of nitrogens with zero attached hydrogens (tertiary/aromatic N) is 2. The summed E-state index contributed by atoms with van der Waals surface area (Å²) in [5.74, 6) is 1.85. The van der Waals surface area contributed by atoms with Crippen molar-refractivity contribution >= 4 is 34.7 Å². The van der Waals surface area contributed by atoms with Crippen molar-refractivity contribution in [2.45, 2.75) is 19.9 Å². The highest BCUT2D eigenvalue weighted by Gasteiger charge is 2.37. The number of aromatic nitrogens is 1. The summed E-state index contributed by atoms with van der Waals surface area (Å²) in [7, 11) is 3.19. The first-order chi connectivity index (χ1) is 15.9. The first kappa shape index (κ1) is 22.3. The van der Waals surface area contributed by atoms with E-state index < -0.39 is 6.04 Å². The molecule has 0 saturated heterocycles. The van der Waals surface area contributed by atoms with Crippen molar-refractivity contribution in [3.05, 3.63) is 77.2 Å². The maximum atomic E-state index is 13.6. The molecule has 0 radical (unpaired) electrons. The van der Waals surface area contributed by atoms with Crippen molar-refractivity contribution in [3.8, 4) is 11.5 Å². The number of rotatable bonds is 6. The second-order valence-electron chi connectivity index (χ2n) is 7.41. The van der Waals surface area contributed by atoms with E-state index in [1.165, 1.54) is 0 Å². The summed E-state index contributed by atoms with van der Waals surface area (Å²) in [5, 5.41) is 10.5. The summed E-state index contributed by atoms with van der Waals surface area (Å²) in [6.07, 6.45) is 0. The Morgan fingerprint density at radius 3 is 2.42 bits per heavy atom. The Balaban J connectivity index is 1.86. The Hall–Kier alpha value is -3.85. The Labute approximate surface area is 197 Å². The lowest BCUT2D eigenvalue weighted by molar-refractivity contribution is -0.113. The Bertz CT molecular complexity index is 1240. The fourth-order valence-electron chi connectivity index (χ4n) is 3.89. The molecule has 1 atom stereocenters. The molecule has 1 aromatic heterocycles. The van der Waals surface area contributed by atoms with E-state index >= 15 is 0 Å². The van der Waals surface area contributed by atoms with Gasteiger partial charge >= 0.3 is 0 Å². The van der Waals surface area contributed by atoms with Gasteiger partial charge < -0.3 is 24.6 Å². The van der Waals surface area contributed by atoms with Crippen LogP contribution in [0.3, 0.4) is 0 Å². The highest BCUT2D eigenvalue weighted by molar-refractivity contribution is 7.80. The molecule has 2 aromatic carbocycles. The summed E-state index contributed by atoms with van der Waals surface area (Å²) in [6, 6.07) is 16.1. The zero-order chi connectivity index (χ0) is 23.5. The summed E-state index contributed by atoms with van der Waals surface area (Å²) >= 11 is 5.75. The van der Waals surface area contributed by atoms with Gasteiger partial charge in [-0.25, -0.2) is 0 Å². The Kier molecular flexibility index (Phi) is 6.32. The van der Waals surface area contributed by atoms with E-state index in [0.29, 0.717) is 39.5 Å². The van der Waals surface area contributed by atoms with E-state index in [2.05, 4.69) is 15.8 Å². The van der Waals surface area contributed by atoms with Gasteiger partial charge in [-0.1, -0.05) is 35.5 Å². The molecule has 0 fully saturated rings. The van der Waals surface area contributed by atoms with Gasteiger partial charge in [0.25, 0.3) is 5.91 Å². The van der Waals surface area contributed by atoms with E-state index in [-0.39, 0.29) is 5.91 Å². The predicted molar refractivity (Wildman–Crippen MR) is 130 cm³/mol. The maximum absolute atomic E-state index is 13.6. The molecule has 0 bridgehead atoms. The first-order valence-electron chi connectivity index (χ1n) is 10.3. The molecule has 2 N–H and O–H groups in total. The number of carbonyl (C=O) groups is 1. The van der Waals surface area contributed by atoms with Crippen molar-refractivity contribution < 1.29 is 18.8 Å². The van der Waals surface area contributed by atoms with Crippen LogP contribution in [0.1, 0.15) is 24.3 Å². The van der Waals surface area contributed by atoms with Crippen molar-refractivity contribution in [2.24, 2.45) is 0 Å². The molecule has 0 aliphatic carbocycles. The molecule has 9 heteroatoms. The number of nitrogens with one attached hydrogen (secondary N) is 2. The molecule has 0 spiro atoms. The van der Waals surface area contributed by atoms with Crippen LogP contribution in [0.2, 0.25) is 0 Å². The molecule has 170 valence electrons. The number of hydrogen-bond acceptors (Lipinski definition) is 6. The molecule has 8 nitrogen and oxygen atoms in total. The molecule has 0 unspecified atom stereocenters. The molecule has 1 aliphatic rings. The van der Waals surface area contributed by atoms with Crippen molar-refractivity contribution in [1.82, 2.24) is 10.5 Å². The number of para-hydroxylation sites is 3. The lowest BCUT2D eigenvalue weighted by Gasteiger charge is -2.38. The number of benzene rings is 2. The third-order valence-electron chi connectivity index (χ3n) is 5.37. The van der Waals surface area contributed by atoms with Crippen LogP contribution >= 0.6 is 12.2 Å². The maximum Gasteiger partial charge on any atom is 0.257 e. The normalized spacial score (nSPS) is 15.8. The number of allylic oxidation sites excluding steroid dienone is 1. The zero-order valence-electron chi connectivity index (χ0n) is 18.7. The van der Waals surface area contributed by atoms with E-state index in [1.807, 2.05) is 55.5 Å². The molecule has 1 aliphatic heterocycles. The number of ether oxygens (including phenoxy) is 2. The fourth-order valence-corrected chi connectivity index (χ4v) is 4.24. The molecule has 33 heavy (non-hydrogen) atoms. The molecule has 3 aromatic rings. The molecular weight excluding hydrogens is 440 g/mol. The van der Waals surface area contributed by atoms with Crippen LogP contribution in [0.25, 0.3) is 0 Å². The van der Waals surface area contributed by atoms with Crippen molar-refractivity contribution in [2.75, 3.05) is 24.4 Å². The van der Waals surface area contributed by atoms with Crippen LogP contribution in [0.15, 0.2) is 70.4 Å². The molecule has 2 heterocycles. The van der Waals surface area contributed by atoms with E-state index in [1.54, 1.807) is 32.1 Å². The van der Waals surface area contributed by atoms with Crippen molar-refractivity contribution in [3.63, 3.8) is 0 Å². The third-order valence-corrected chi connectivity index (χ3v) is 5.68. The molecule has 0 saturated carbocycles. The van der Waals surface area contributed by atoms with E-state index in [9.17, 15) is 4.79 Å². The SMILES string of the molecule is COc1ccccc1[C@@H]1NC(=S)N(c2ccccc2OC)C(C)=C1C(=O)Nc1cc(C)on1. The van der Waals surface area contributed by atoms with Crippen LogP contribution in [0, 0.1) is 6.92 Å². The Morgan fingerprint density at radius 2 is 1.76 bits per heavy atom. The lowest BCUT2D eigenvalue weighted by atomic mass is 9.93. The summed E-state index contributed by atoms with van der Waals surface area (Å²) < 4.78 is 16.2. The largest absolute Gasteiger partial charge is 0.496 e. The summed E-state index contributed by atoms with van der Waals surface area (Å²) in [6.45, 7) is 3.61. The third kappa shape index (κ3) is 4.27. The highest BCUT2D eigenvalue weighted by atomic mass is 32.1. The minimum atomic E-state index is -0.549. The number of hydrogen-bond donors (Lipinski definition) is 2. The van der Waals surface area contributed by atoms with Crippen LogP contribution in [-0.4, -0.2) is 30.4 Å². The van der Waals surface area contributed by atoms with Gasteiger partial charge in [0.1, 0.15) is 17.3 Å². The molecule has 1 amide bonds. The molecule has 4 rings (SSSR count). The monoisotopic (exact) mass is 464 g/mol. The van der Waals surface area contributed by atoms with E-state index in [4.69, 9.17) is 26.2 Å². The molecular formula is C24H24N4O4S. The number of anilines is 2. The summed E-state index contributed by atoms with van der Waals surface area (Å²) in [4.78, 5) is 15.4. The van der Waals surface area contributed by atoms with Gasteiger partial charge in [-0.2, -0.15) is 0 Å². The quantitative estimate of drug-likeness (QED) is 0.521. The van der Waals surface area contributed by atoms with Gasteiger partial charge in [0.15, 0.2) is 10.9 Å². The summed E-state index contributed by atoms with van der Waals surface area (Å²) in [5.41, 5.74) is 2.61. The van der Waals surface area contributed by atoms with Crippen LogP contribution in [0.5, 0.6) is 11.5 Å². The van der Waals surface area contributed by atoms with Crippen molar-refractivity contribution in [1.29, 1.82) is 0 Å². The van der Waals surface area contributed by atoms with Gasteiger partial charge in [-0.3, -0.25) is 9.69 Å².